The Morgan fingerprint density at radius 1 is 1.30 bits per heavy atom. The summed E-state index contributed by atoms with van der Waals surface area (Å²) in [5, 5.41) is 10.0. The second kappa shape index (κ2) is 7.37. The number of nitrogens with zero attached hydrogens (tertiary/aromatic N) is 4. The predicted molar refractivity (Wildman–Crippen MR) is 91.4 cm³/mol. The number of hydrogen-bond donors (Lipinski definition) is 1. The van der Waals surface area contributed by atoms with E-state index in [1.54, 1.807) is 0 Å². The van der Waals surface area contributed by atoms with Crippen molar-refractivity contribution in [2.45, 2.75) is 32.4 Å². The van der Waals surface area contributed by atoms with Gasteiger partial charge in [-0.2, -0.15) is 5.10 Å². The molecule has 122 valence electrons. The Labute approximate surface area is 137 Å². The summed E-state index contributed by atoms with van der Waals surface area (Å²) in [6.07, 6.45) is 8.86. The molecule has 0 radical (unpaired) electrons. The van der Waals surface area contributed by atoms with Gasteiger partial charge in [-0.1, -0.05) is 0 Å². The van der Waals surface area contributed by atoms with E-state index in [-0.39, 0.29) is 12.1 Å². The Hall–Kier alpha value is -2.21. The molecule has 0 fully saturated rings. The molecular weight excluding hydrogens is 290 g/mol. The van der Waals surface area contributed by atoms with Gasteiger partial charge >= 0.3 is 0 Å². The average molecular weight is 313 g/mol. The number of ether oxygens (including phenoxy) is 1. The maximum absolute atomic E-state index is 5.54. The molecule has 0 amide bonds. The van der Waals surface area contributed by atoms with Crippen LogP contribution in [0.2, 0.25) is 0 Å². The van der Waals surface area contributed by atoms with Crippen molar-refractivity contribution in [3.05, 3.63) is 42.2 Å². The lowest BCUT2D eigenvalue weighted by molar-refractivity contribution is 0.0777. The van der Waals surface area contributed by atoms with Crippen molar-refractivity contribution < 1.29 is 4.74 Å². The lowest BCUT2D eigenvalue weighted by Gasteiger charge is -2.25. The standard InChI is InChI=1S/C17H23N5O/c1-13(2)23-11-3-8-19-16-4-5-17-20-12-15(22(17)21-16)14-6-9-18-10-7-14/h4-7,9-10,13,15H,3,8,11-12H2,1-2H3,(H,19,21). The molecule has 0 spiro atoms. The normalized spacial score (nSPS) is 19.6. The van der Waals surface area contributed by atoms with Crippen molar-refractivity contribution in [2.24, 2.45) is 10.1 Å². The first-order valence-electron chi connectivity index (χ1n) is 8.10. The van der Waals surface area contributed by atoms with Crippen LogP contribution in [0.1, 0.15) is 31.9 Å². The number of amidine groups is 2. The molecule has 1 aromatic heterocycles. The van der Waals surface area contributed by atoms with Gasteiger partial charge in [-0.3, -0.25) is 9.98 Å². The molecule has 1 N–H and O–H groups in total. The third-order valence-electron chi connectivity index (χ3n) is 3.73. The van der Waals surface area contributed by atoms with E-state index < -0.39 is 0 Å². The van der Waals surface area contributed by atoms with E-state index in [9.17, 15) is 0 Å². The predicted octanol–water partition coefficient (Wildman–Crippen LogP) is 2.12. The molecule has 3 rings (SSSR count). The van der Waals surface area contributed by atoms with Crippen LogP contribution in [-0.2, 0) is 4.74 Å². The fraction of sp³-hybridized carbons (Fsp3) is 0.471. The highest BCUT2D eigenvalue weighted by Gasteiger charge is 2.29. The summed E-state index contributed by atoms with van der Waals surface area (Å²) in [5.41, 5.74) is 1.18. The zero-order valence-corrected chi connectivity index (χ0v) is 13.6. The number of hydrogen-bond acceptors (Lipinski definition) is 6. The average Bonchev–Trinajstić information content (AvgIpc) is 2.98. The molecule has 0 bridgehead atoms. The third-order valence-corrected chi connectivity index (χ3v) is 3.73. The smallest absolute Gasteiger partial charge is 0.146 e. The molecular formula is C17H23N5O. The first-order valence-corrected chi connectivity index (χ1v) is 8.10. The van der Waals surface area contributed by atoms with Crippen molar-refractivity contribution in [3.63, 3.8) is 0 Å². The first kappa shape index (κ1) is 15.7. The van der Waals surface area contributed by atoms with Crippen molar-refractivity contribution in [2.75, 3.05) is 19.7 Å². The van der Waals surface area contributed by atoms with Crippen molar-refractivity contribution in [3.8, 4) is 0 Å². The van der Waals surface area contributed by atoms with E-state index in [0.717, 1.165) is 37.8 Å². The van der Waals surface area contributed by atoms with Crippen LogP contribution < -0.4 is 5.32 Å². The number of hydrazone groups is 1. The van der Waals surface area contributed by atoms with Gasteiger partial charge in [0.2, 0.25) is 0 Å². The highest BCUT2D eigenvalue weighted by molar-refractivity contribution is 6.05. The van der Waals surface area contributed by atoms with Gasteiger partial charge in [0.05, 0.1) is 18.7 Å². The number of aromatic nitrogens is 1. The Balaban J connectivity index is 1.57. The molecule has 23 heavy (non-hydrogen) atoms. The summed E-state index contributed by atoms with van der Waals surface area (Å²) in [4.78, 5) is 8.64. The topological polar surface area (TPSA) is 62.1 Å². The van der Waals surface area contributed by atoms with Gasteiger partial charge < -0.3 is 10.1 Å². The van der Waals surface area contributed by atoms with Crippen molar-refractivity contribution in [1.29, 1.82) is 0 Å². The van der Waals surface area contributed by atoms with E-state index >= 15 is 0 Å². The summed E-state index contributed by atoms with van der Waals surface area (Å²) in [6, 6.07) is 4.19. The van der Waals surface area contributed by atoms with E-state index in [0.29, 0.717) is 0 Å². The molecule has 0 aliphatic carbocycles. The summed E-state index contributed by atoms with van der Waals surface area (Å²) in [6.45, 7) is 6.43. The Bertz CT molecular complexity index is 609. The summed E-state index contributed by atoms with van der Waals surface area (Å²) < 4.78 is 5.54. The molecule has 1 atom stereocenters. The molecule has 1 aromatic rings. The fourth-order valence-electron chi connectivity index (χ4n) is 2.58. The van der Waals surface area contributed by atoms with Crippen molar-refractivity contribution >= 4 is 11.7 Å². The lowest BCUT2D eigenvalue weighted by atomic mass is 10.1. The van der Waals surface area contributed by atoms with E-state index in [1.165, 1.54) is 5.56 Å². The monoisotopic (exact) mass is 313 g/mol. The fourth-order valence-corrected chi connectivity index (χ4v) is 2.58. The van der Waals surface area contributed by atoms with Gasteiger partial charge in [-0.15, -0.1) is 0 Å². The quantitative estimate of drug-likeness (QED) is 0.817. The van der Waals surface area contributed by atoms with E-state index in [2.05, 4.69) is 29.1 Å². The van der Waals surface area contributed by atoms with Crippen LogP contribution in [-0.4, -0.2) is 47.5 Å². The summed E-state index contributed by atoms with van der Waals surface area (Å²) >= 11 is 0. The number of aliphatic imine (C=N–C) groups is 1. The van der Waals surface area contributed by atoms with Gasteiger partial charge in [-0.25, -0.2) is 5.01 Å². The first-order chi connectivity index (χ1) is 11.2. The molecule has 0 saturated heterocycles. The molecule has 2 aliphatic rings. The van der Waals surface area contributed by atoms with Gasteiger partial charge in [-0.05, 0) is 50.1 Å². The molecule has 6 nitrogen and oxygen atoms in total. The molecule has 6 heteroatoms. The van der Waals surface area contributed by atoms with Crippen LogP contribution in [0.4, 0.5) is 0 Å². The van der Waals surface area contributed by atoms with E-state index in [1.807, 2.05) is 41.7 Å². The second-order valence-corrected chi connectivity index (χ2v) is 5.86. The number of pyridine rings is 1. The largest absolute Gasteiger partial charge is 0.379 e. The third kappa shape index (κ3) is 3.96. The van der Waals surface area contributed by atoms with Crippen LogP contribution in [0.25, 0.3) is 0 Å². The van der Waals surface area contributed by atoms with Crippen LogP contribution in [0.15, 0.2) is 46.8 Å². The molecule has 1 unspecified atom stereocenters. The zero-order valence-electron chi connectivity index (χ0n) is 13.6. The Morgan fingerprint density at radius 2 is 2.13 bits per heavy atom. The minimum atomic E-state index is 0.152. The number of rotatable bonds is 6. The molecule has 0 saturated carbocycles. The van der Waals surface area contributed by atoms with Crippen LogP contribution in [0, 0.1) is 0 Å². The minimum Gasteiger partial charge on any atom is -0.379 e. The van der Waals surface area contributed by atoms with Crippen molar-refractivity contribution in [1.82, 2.24) is 15.3 Å². The van der Waals surface area contributed by atoms with Gasteiger partial charge in [0, 0.05) is 25.5 Å². The Kier molecular flexibility index (Phi) is 5.02. The van der Waals surface area contributed by atoms with E-state index in [4.69, 9.17) is 9.84 Å². The number of nitrogens with one attached hydrogen (secondary N) is 1. The van der Waals surface area contributed by atoms with Crippen LogP contribution >= 0.6 is 0 Å². The highest BCUT2D eigenvalue weighted by atomic mass is 16.5. The van der Waals surface area contributed by atoms with Gasteiger partial charge in [0.1, 0.15) is 11.7 Å². The second-order valence-electron chi connectivity index (χ2n) is 5.86. The number of fused-ring (bicyclic) bond motifs is 1. The van der Waals surface area contributed by atoms with Crippen LogP contribution in [0.5, 0.6) is 0 Å². The zero-order chi connectivity index (χ0) is 16.1. The molecule has 3 heterocycles. The highest BCUT2D eigenvalue weighted by Crippen LogP contribution is 2.28. The SMILES string of the molecule is CC(C)OCCCNC1=NN2C(=NCC2c2ccncc2)C=C1. The molecule has 0 aromatic carbocycles. The maximum atomic E-state index is 5.54. The minimum absolute atomic E-state index is 0.152. The van der Waals surface area contributed by atoms with Crippen LogP contribution in [0.3, 0.4) is 0 Å². The lowest BCUT2D eigenvalue weighted by Crippen LogP contribution is -2.34. The van der Waals surface area contributed by atoms with Gasteiger partial charge in [0.15, 0.2) is 0 Å². The maximum Gasteiger partial charge on any atom is 0.146 e. The Morgan fingerprint density at radius 3 is 2.91 bits per heavy atom. The summed E-state index contributed by atoms with van der Waals surface area (Å²) in [5.74, 6) is 1.79. The summed E-state index contributed by atoms with van der Waals surface area (Å²) in [7, 11) is 0. The van der Waals surface area contributed by atoms with Gasteiger partial charge in [0.25, 0.3) is 0 Å². The molecule has 2 aliphatic heterocycles.